The molecule has 0 radical (unpaired) electrons. The van der Waals surface area contributed by atoms with Gasteiger partial charge in [0.25, 0.3) is 0 Å². The molecule has 0 aromatic heterocycles. The molecule has 0 heterocycles. The van der Waals surface area contributed by atoms with Gasteiger partial charge in [0.1, 0.15) is 0 Å². The first-order valence-electron chi connectivity index (χ1n) is 8.57. The van der Waals surface area contributed by atoms with Crippen molar-refractivity contribution in [2.75, 3.05) is 5.01 Å². The van der Waals surface area contributed by atoms with Gasteiger partial charge in [-0.05, 0) is 49.2 Å². The number of benzene rings is 2. The summed E-state index contributed by atoms with van der Waals surface area (Å²) in [6.07, 6.45) is 1.25. The summed E-state index contributed by atoms with van der Waals surface area (Å²) in [5.41, 5.74) is 6.59. The minimum atomic E-state index is -1.05. The summed E-state index contributed by atoms with van der Waals surface area (Å²) >= 11 is 1.15. The van der Waals surface area contributed by atoms with E-state index >= 15 is 0 Å². The SMILES string of the molecule is N/N=C(/SC1(C(=O)c2ccc(C(N)=O)cc2)CC1)N(N)c1ccc(C(=O)O)cc1. The zero-order valence-electron chi connectivity index (χ0n) is 15.2. The zero-order chi connectivity index (χ0) is 21.2. The van der Waals surface area contributed by atoms with E-state index < -0.39 is 16.6 Å². The number of hydrogen-bond acceptors (Lipinski definition) is 7. The second-order valence-electron chi connectivity index (χ2n) is 6.50. The van der Waals surface area contributed by atoms with Crippen LogP contribution in [0.1, 0.15) is 43.9 Å². The Labute approximate surface area is 170 Å². The van der Waals surface area contributed by atoms with E-state index in [4.69, 9.17) is 22.5 Å². The number of Topliss-reactive ketones (excluding diaryl/α,β-unsaturated/α-hetero) is 1. The molecule has 0 atom stereocenters. The minimum Gasteiger partial charge on any atom is -0.478 e. The van der Waals surface area contributed by atoms with Gasteiger partial charge in [0.05, 0.1) is 16.0 Å². The number of anilines is 1. The van der Waals surface area contributed by atoms with E-state index in [0.717, 1.165) is 11.8 Å². The molecule has 7 N–H and O–H groups in total. The normalized spacial score (nSPS) is 14.9. The maximum Gasteiger partial charge on any atom is 0.335 e. The summed E-state index contributed by atoms with van der Waals surface area (Å²) in [6, 6.07) is 12.0. The number of amides is 1. The van der Waals surface area contributed by atoms with Gasteiger partial charge in [-0.1, -0.05) is 23.9 Å². The first-order valence-corrected chi connectivity index (χ1v) is 9.39. The van der Waals surface area contributed by atoms with Gasteiger partial charge in [-0.15, -0.1) is 0 Å². The molecule has 1 fully saturated rings. The van der Waals surface area contributed by atoms with E-state index in [9.17, 15) is 14.4 Å². The maximum atomic E-state index is 13.0. The van der Waals surface area contributed by atoms with Crippen molar-refractivity contribution >= 4 is 40.3 Å². The van der Waals surface area contributed by atoms with Crippen molar-refractivity contribution in [3.8, 4) is 0 Å². The number of carbonyl (C=O) groups excluding carboxylic acids is 2. The monoisotopic (exact) mass is 413 g/mol. The molecule has 1 aliphatic carbocycles. The molecule has 10 heteroatoms. The fraction of sp³-hybridized carbons (Fsp3) is 0.158. The third-order valence-electron chi connectivity index (χ3n) is 4.55. The second-order valence-corrected chi connectivity index (χ2v) is 7.85. The Morgan fingerprint density at radius 2 is 1.48 bits per heavy atom. The number of carboxylic acid groups (broad SMARTS) is 1. The first kappa shape index (κ1) is 20.4. The third kappa shape index (κ3) is 4.23. The summed E-state index contributed by atoms with van der Waals surface area (Å²) in [6.45, 7) is 0. The largest absolute Gasteiger partial charge is 0.478 e. The van der Waals surface area contributed by atoms with Crippen molar-refractivity contribution in [2.24, 2.45) is 22.5 Å². The fourth-order valence-corrected chi connectivity index (χ4v) is 3.85. The Morgan fingerprint density at radius 3 is 1.93 bits per heavy atom. The number of hydrazine groups is 1. The molecular weight excluding hydrogens is 394 g/mol. The predicted molar refractivity (Wildman–Crippen MR) is 111 cm³/mol. The van der Waals surface area contributed by atoms with Crippen molar-refractivity contribution in [3.63, 3.8) is 0 Å². The highest BCUT2D eigenvalue weighted by atomic mass is 32.2. The number of nitrogens with zero attached hydrogens (tertiary/aromatic N) is 2. The lowest BCUT2D eigenvalue weighted by atomic mass is 10.0. The topological polar surface area (TPSA) is 165 Å². The number of ketones is 1. The molecule has 29 heavy (non-hydrogen) atoms. The van der Waals surface area contributed by atoms with Gasteiger partial charge in [-0.25, -0.2) is 10.6 Å². The molecule has 0 bridgehead atoms. The Morgan fingerprint density at radius 1 is 0.966 bits per heavy atom. The highest BCUT2D eigenvalue weighted by Crippen LogP contribution is 2.51. The van der Waals surface area contributed by atoms with E-state index in [1.165, 1.54) is 41.4 Å². The van der Waals surface area contributed by atoms with E-state index in [2.05, 4.69) is 5.10 Å². The summed E-state index contributed by atoms with van der Waals surface area (Å²) < 4.78 is -0.745. The van der Waals surface area contributed by atoms with Crippen molar-refractivity contribution in [3.05, 3.63) is 65.2 Å². The highest BCUT2D eigenvalue weighted by Gasteiger charge is 2.52. The summed E-state index contributed by atoms with van der Waals surface area (Å²) in [7, 11) is 0. The van der Waals surface area contributed by atoms with Crippen LogP contribution in [0.4, 0.5) is 5.69 Å². The van der Waals surface area contributed by atoms with Crippen LogP contribution >= 0.6 is 11.8 Å². The minimum absolute atomic E-state index is 0.116. The van der Waals surface area contributed by atoms with Crippen LogP contribution in [-0.2, 0) is 0 Å². The van der Waals surface area contributed by atoms with Gasteiger partial charge >= 0.3 is 5.97 Å². The first-order chi connectivity index (χ1) is 13.8. The van der Waals surface area contributed by atoms with E-state index in [0.29, 0.717) is 29.7 Å². The highest BCUT2D eigenvalue weighted by molar-refractivity contribution is 8.16. The lowest BCUT2D eigenvalue weighted by Gasteiger charge is -2.23. The molecule has 0 saturated heterocycles. The second kappa shape index (κ2) is 7.94. The number of primary amides is 1. The zero-order valence-corrected chi connectivity index (χ0v) is 16.1. The smallest absolute Gasteiger partial charge is 0.335 e. The van der Waals surface area contributed by atoms with Crippen molar-refractivity contribution in [2.45, 2.75) is 17.6 Å². The molecule has 3 rings (SSSR count). The number of amidine groups is 1. The standard InChI is InChI=1S/C19H19N5O4S/c20-16(26)12-3-1-11(2-4-12)15(25)19(9-10-19)29-18(23-21)24(22)14-7-5-13(6-8-14)17(27)28/h1-8H,9-10,21-22H2,(H2,20,26)(H,27,28)/b23-18+. The van der Waals surface area contributed by atoms with Crippen LogP contribution in [0.3, 0.4) is 0 Å². The summed E-state index contributed by atoms with van der Waals surface area (Å²) in [5, 5.41) is 14.1. The van der Waals surface area contributed by atoms with Crippen LogP contribution in [0, 0.1) is 0 Å². The van der Waals surface area contributed by atoms with Crippen LogP contribution in [0.15, 0.2) is 53.6 Å². The number of carboxylic acids is 1. The molecule has 9 nitrogen and oxygen atoms in total. The number of hydrogen-bond donors (Lipinski definition) is 4. The maximum absolute atomic E-state index is 13.0. The van der Waals surface area contributed by atoms with Crippen LogP contribution < -0.4 is 22.4 Å². The van der Waals surface area contributed by atoms with Gasteiger partial charge in [-0.3, -0.25) is 14.6 Å². The average Bonchev–Trinajstić information content (AvgIpc) is 3.52. The van der Waals surface area contributed by atoms with Gasteiger partial charge in [-0.2, -0.15) is 5.10 Å². The molecule has 150 valence electrons. The van der Waals surface area contributed by atoms with Crippen LogP contribution in [0.5, 0.6) is 0 Å². The Hall–Kier alpha value is -3.37. The number of hydrazone groups is 1. The number of aromatic carboxylic acids is 1. The number of rotatable bonds is 6. The molecule has 1 saturated carbocycles. The van der Waals surface area contributed by atoms with E-state index in [1.807, 2.05) is 0 Å². The molecule has 0 aliphatic heterocycles. The molecule has 2 aromatic rings. The van der Waals surface area contributed by atoms with E-state index in [-0.39, 0.29) is 16.5 Å². The van der Waals surface area contributed by atoms with Crippen LogP contribution in [-0.4, -0.2) is 32.7 Å². The van der Waals surface area contributed by atoms with Gasteiger partial charge in [0.2, 0.25) is 11.1 Å². The average molecular weight is 413 g/mol. The van der Waals surface area contributed by atoms with Crippen molar-refractivity contribution in [1.29, 1.82) is 0 Å². The third-order valence-corrected chi connectivity index (χ3v) is 6.01. The van der Waals surface area contributed by atoms with Crippen LogP contribution in [0.25, 0.3) is 0 Å². The van der Waals surface area contributed by atoms with Crippen molar-refractivity contribution in [1.82, 2.24) is 0 Å². The molecule has 0 spiro atoms. The summed E-state index contributed by atoms with van der Waals surface area (Å²) in [4.78, 5) is 35.2. The Bertz CT molecular complexity index is 985. The molecule has 2 aromatic carbocycles. The van der Waals surface area contributed by atoms with Crippen LogP contribution in [0.2, 0.25) is 0 Å². The van der Waals surface area contributed by atoms with Gasteiger partial charge < -0.3 is 16.7 Å². The van der Waals surface area contributed by atoms with Crippen molar-refractivity contribution < 1.29 is 19.5 Å². The summed E-state index contributed by atoms with van der Waals surface area (Å²) in [5.74, 6) is 9.87. The van der Waals surface area contributed by atoms with Gasteiger partial charge in [0.15, 0.2) is 5.78 Å². The van der Waals surface area contributed by atoms with E-state index in [1.54, 1.807) is 12.1 Å². The molecular formula is C19H19N5O4S. The quantitative estimate of drug-likeness (QED) is 0.182. The predicted octanol–water partition coefficient (Wildman–Crippen LogP) is 1.54. The van der Waals surface area contributed by atoms with Gasteiger partial charge in [0, 0.05) is 11.1 Å². The number of thioether (sulfide) groups is 1. The molecule has 1 amide bonds. The lowest BCUT2D eigenvalue weighted by Crippen LogP contribution is -2.39. The molecule has 0 unspecified atom stereocenters. The number of carbonyl (C=O) groups is 3. The molecule has 1 aliphatic rings. The number of nitrogens with two attached hydrogens (primary N) is 3. The Kier molecular flexibility index (Phi) is 5.57. The Balaban J connectivity index is 1.76. The lowest BCUT2D eigenvalue weighted by molar-refractivity contribution is 0.0696. The fourth-order valence-electron chi connectivity index (χ4n) is 2.73.